The second-order valence-corrected chi connectivity index (χ2v) is 7.53. The van der Waals surface area contributed by atoms with Gasteiger partial charge in [0, 0.05) is 5.69 Å². The molecule has 0 aliphatic rings. The van der Waals surface area contributed by atoms with E-state index in [1.54, 1.807) is 0 Å². The topological polar surface area (TPSA) is 84.5 Å². The lowest BCUT2D eigenvalue weighted by Gasteiger charge is -2.15. The number of nitrogens with one attached hydrogen (secondary N) is 2. The van der Waals surface area contributed by atoms with Gasteiger partial charge >= 0.3 is 5.97 Å². The van der Waals surface area contributed by atoms with Crippen molar-refractivity contribution in [2.75, 3.05) is 11.9 Å². The number of amides is 2. The molecule has 0 aliphatic carbocycles. The highest BCUT2D eigenvalue weighted by molar-refractivity contribution is 5.96. The SMILES string of the molecule is Cc1ccc(C)c(NC(=O)[C@@H](C)OC(=O)CNC(=O)Cc2cccc3ccccc23)c1. The standard InChI is InChI=1S/C25H26N2O4/c1-16-11-12-17(2)22(13-16)27-25(30)18(3)31-24(29)15-26-23(28)14-20-9-6-8-19-7-4-5-10-21(19)20/h4-13,18H,14-15H2,1-3H3,(H,26,28)(H,27,30)/t18-/m1/s1. The number of ether oxygens (including phenoxy) is 1. The van der Waals surface area contributed by atoms with E-state index in [2.05, 4.69) is 10.6 Å². The fraction of sp³-hybridized carbons (Fsp3) is 0.240. The van der Waals surface area contributed by atoms with Crippen LogP contribution in [0, 0.1) is 13.8 Å². The van der Waals surface area contributed by atoms with E-state index < -0.39 is 18.0 Å². The Kier molecular flexibility index (Phi) is 7.03. The molecule has 6 heteroatoms. The third-order valence-corrected chi connectivity index (χ3v) is 4.99. The second-order valence-electron chi connectivity index (χ2n) is 7.53. The number of anilines is 1. The zero-order valence-electron chi connectivity index (χ0n) is 17.9. The van der Waals surface area contributed by atoms with E-state index in [1.807, 2.05) is 74.5 Å². The Labute approximate surface area is 181 Å². The van der Waals surface area contributed by atoms with Crippen LogP contribution in [-0.2, 0) is 25.5 Å². The van der Waals surface area contributed by atoms with Gasteiger partial charge in [-0.15, -0.1) is 0 Å². The predicted octanol–water partition coefficient (Wildman–Crippen LogP) is 3.69. The minimum atomic E-state index is -0.984. The molecular weight excluding hydrogens is 392 g/mol. The molecule has 3 rings (SSSR count). The van der Waals surface area contributed by atoms with Crippen molar-refractivity contribution in [2.24, 2.45) is 0 Å². The second kappa shape index (κ2) is 9.89. The fourth-order valence-corrected chi connectivity index (χ4v) is 3.25. The van der Waals surface area contributed by atoms with Gasteiger partial charge in [0.05, 0.1) is 6.42 Å². The molecule has 2 N–H and O–H groups in total. The largest absolute Gasteiger partial charge is 0.451 e. The van der Waals surface area contributed by atoms with Crippen molar-refractivity contribution in [1.29, 1.82) is 0 Å². The maximum Gasteiger partial charge on any atom is 0.326 e. The number of aryl methyl sites for hydroxylation is 2. The molecule has 0 saturated carbocycles. The average Bonchev–Trinajstić information content (AvgIpc) is 2.75. The van der Waals surface area contributed by atoms with E-state index in [0.29, 0.717) is 5.69 Å². The molecule has 3 aromatic carbocycles. The van der Waals surface area contributed by atoms with Gasteiger partial charge < -0.3 is 15.4 Å². The maximum absolute atomic E-state index is 12.3. The molecule has 2 amide bonds. The number of benzene rings is 3. The molecule has 0 saturated heterocycles. The van der Waals surface area contributed by atoms with E-state index in [9.17, 15) is 14.4 Å². The summed E-state index contributed by atoms with van der Waals surface area (Å²) < 4.78 is 5.16. The molecule has 6 nitrogen and oxygen atoms in total. The Morgan fingerprint density at radius 2 is 1.71 bits per heavy atom. The third-order valence-electron chi connectivity index (χ3n) is 4.99. The first kappa shape index (κ1) is 22.0. The zero-order chi connectivity index (χ0) is 22.4. The van der Waals surface area contributed by atoms with E-state index in [1.165, 1.54) is 6.92 Å². The van der Waals surface area contributed by atoms with Crippen LogP contribution >= 0.6 is 0 Å². The first-order valence-electron chi connectivity index (χ1n) is 10.1. The molecule has 0 radical (unpaired) electrons. The number of esters is 1. The normalized spacial score (nSPS) is 11.6. The highest BCUT2D eigenvalue weighted by Crippen LogP contribution is 2.19. The number of fused-ring (bicyclic) bond motifs is 1. The van der Waals surface area contributed by atoms with Crippen molar-refractivity contribution < 1.29 is 19.1 Å². The van der Waals surface area contributed by atoms with Crippen LogP contribution < -0.4 is 10.6 Å². The summed E-state index contributed by atoms with van der Waals surface area (Å²) in [6.07, 6.45) is -0.834. The van der Waals surface area contributed by atoms with E-state index >= 15 is 0 Å². The number of hydrogen-bond acceptors (Lipinski definition) is 4. The Bertz CT molecular complexity index is 1120. The molecule has 0 bridgehead atoms. The lowest BCUT2D eigenvalue weighted by molar-refractivity contribution is -0.152. The molecule has 0 spiro atoms. The van der Waals surface area contributed by atoms with Crippen LogP contribution in [0.3, 0.4) is 0 Å². The van der Waals surface area contributed by atoms with Gasteiger partial charge in [-0.2, -0.15) is 0 Å². The Morgan fingerprint density at radius 1 is 0.968 bits per heavy atom. The van der Waals surface area contributed by atoms with Crippen molar-refractivity contribution in [3.63, 3.8) is 0 Å². The summed E-state index contributed by atoms with van der Waals surface area (Å²) in [6, 6.07) is 19.3. The molecule has 3 aromatic rings. The number of carbonyl (C=O) groups is 3. The summed E-state index contributed by atoms with van der Waals surface area (Å²) in [6.45, 7) is 5.01. The number of carbonyl (C=O) groups excluding carboxylic acids is 3. The van der Waals surface area contributed by atoms with Crippen LogP contribution in [0.2, 0.25) is 0 Å². The van der Waals surface area contributed by atoms with Gasteiger partial charge in [0.2, 0.25) is 5.91 Å². The molecule has 0 unspecified atom stereocenters. The summed E-state index contributed by atoms with van der Waals surface area (Å²) in [4.78, 5) is 36.7. The first-order valence-corrected chi connectivity index (χ1v) is 10.1. The molecule has 0 aromatic heterocycles. The summed E-state index contributed by atoms with van der Waals surface area (Å²) in [5.41, 5.74) is 3.49. The van der Waals surface area contributed by atoms with Gasteiger partial charge in [-0.25, -0.2) is 0 Å². The van der Waals surface area contributed by atoms with Crippen LogP contribution in [0.25, 0.3) is 10.8 Å². The van der Waals surface area contributed by atoms with E-state index in [0.717, 1.165) is 27.5 Å². The van der Waals surface area contributed by atoms with Gasteiger partial charge in [-0.3, -0.25) is 14.4 Å². The van der Waals surface area contributed by atoms with Crippen molar-refractivity contribution in [1.82, 2.24) is 5.32 Å². The van der Waals surface area contributed by atoms with Gasteiger partial charge in [-0.1, -0.05) is 54.6 Å². The quantitative estimate of drug-likeness (QED) is 0.573. The summed E-state index contributed by atoms with van der Waals surface area (Å²) >= 11 is 0. The molecular formula is C25H26N2O4. The van der Waals surface area contributed by atoms with E-state index in [4.69, 9.17) is 4.74 Å². The zero-order valence-corrected chi connectivity index (χ0v) is 17.9. The highest BCUT2D eigenvalue weighted by Gasteiger charge is 2.19. The summed E-state index contributed by atoms with van der Waals surface area (Å²) in [5, 5.41) is 7.38. The summed E-state index contributed by atoms with van der Waals surface area (Å²) in [5.74, 6) is -1.39. The number of rotatable bonds is 7. The lowest BCUT2D eigenvalue weighted by Crippen LogP contribution is -2.36. The van der Waals surface area contributed by atoms with Crippen LogP contribution in [0.4, 0.5) is 5.69 Å². The van der Waals surface area contributed by atoms with Gasteiger partial charge in [0.15, 0.2) is 6.10 Å². The van der Waals surface area contributed by atoms with Crippen molar-refractivity contribution in [3.05, 3.63) is 77.4 Å². The van der Waals surface area contributed by atoms with Crippen molar-refractivity contribution >= 4 is 34.2 Å². The highest BCUT2D eigenvalue weighted by atomic mass is 16.5. The fourth-order valence-electron chi connectivity index (χ4n) is 3.25. The third kappa shape index (κ3) is 5.92. The van der Waals surface area contributed by atoms with Gasteiger partial charge in [-0.05, 0) is 54.3 Å². The average molecular weight is 418 g/mol. The predicted molar refractivity (Wildman–Crippen MR) is 121 cm³/mol. The monoisotopic (exact) mass is 418 g/mol. The maximum atomic E-state index is 12.3. The molecule has 1 atom stereocenters. The minimum absolute atomic E-state index is 0.150. The van der Waals surface area contributed by atoms with Crippen LogP contribution in [0.1, 0.15) is 23.6 Å². The van der Waals surface area contributed by atoms with E-state index in [-0.39, 0.29) is 18.9 Å². The summed E-state index contributed by atoms with van der Waals surface area (Å²) in [7, 11) is 0. The Morgan fingerprint density at radius 3 is 2.52 bits per heavy atom. The molecule has 0 aliphatic heterocycles. The van der Waals surface area contributed by atoms with Crippen LogP contribution in [-0.4, -0.2) is 30.4 Å². The molecule has 31 heavy (non-hydrogen) atoms. The Hall–Kier alpha value is -3.67. The molecule has 160 valence electrons. The van der Waals surface area contributed by atoms with Gasteiger partial charge in [0.25, 0.3) is 5.91 Å². The molecule has 0 heterocycles. The Balaban J connectivity index is 1.49. The lowest BCUT2D eigenvalue weighted by atomic mass is 10.0. The smallest absolute Gasteiger partial charge is 0.326 e. The van der Waals surface area contributed by atoms with Crippen molar-refractivity contribution in [3.8, 4) is 0 Å². The molecule has 0 fully saturated rings. The number of hydrogen-bond donors (Lipinski definition) is 2. The van der Waals surface area contributed by atoms with Crippen LogP contribution in [0.15, 0.2) is 60.7 Å². The van der Waals surface area contributed by atoms with Crippen LogP contribution in [0.5, 0.6) is 0 Å². The minimum Gasteiger partial charge on any atom is -0.451 e. The first-order chi connectivity index (χ1) is 14.8. The van der Waals surface area contributed by atoms with Gasteiger partial charge in [0.1, 0.15) is 6.54 Å². The van der Waals surface area contributed by atoms with Crippen molar-refractivity contribution in [2.45, 2.75) is 33.3 Å².